The van der Waals surface area contributed by atoms with Crippen LogP contribution in [0, 0.1) is 5.92 Å². The number of amides is 1. The predicted molar refractivity (Wildman–Crippen MR) is 87.2 cm³/mol. The molecule has 1 aromatic carbocycles. The molecule has 0 saturated heterocycles. The number of ether oxygens (including phenoxy) is 1. The zero-order chi connectivity index (χ0) is 15.1. The lowest BCUT2D eigenvalue weighted by Gasteiger charge is -2.31. The Bertz CT molecular complexity index is 467. The van der Waals surface area contributed by atoms with Crippen molar-refractivity contribution >= 4 is 21.8 Å². The summed E-state index contributed by atoms with van der Waals surface area (Å²) in [5.74, 6) is 1.25. The van der Waals surface area contributed by atoms with Crippen LogP contribution in [0.5, 0.6) is 5.75 Å². The molecule has 1 aliphatic rings. The minimum Gasteiger partial charge on any atom is -0.493 e. The summed E-state index contributed by atoms with van der Waals surface area (Å²) in [4.78, 5) is 12.0. The molecule has 0 heterocycles. The van der Waals surface area contributed by atoms with E-state index in [2.05, 4.69) is 21.2 Å². The second-order valence-corrected chi connectivity index (χ2v) is 6.43. The van der Waals surface area contributed by atoms with Crippen molar-refractivity contribution in [1.82, 2.24) is 5.32 Å². The first-order valence-electron chi connectivity index (χ1n) is 7.57. The first-order valence-corrected chi connectivity index (χ1v) is 8.36. The van der Waals surface area contributed by atoms with Crippen LogP contribution in [0.1, 0.15) is 32.1 Å². The van der Waals surface area contributed by atoms with Gasteiger partial charge in [0, 0.05) is 10.5 Å². The van der Waals surface area contributed by atoms with E-state index < -0.39 is 0 Å². The van der Waals surface area contributed by atoms with Gasteiger partial charge in [-0.2, -0.15) is 0 Å². The van der Waals surface area contributed by atoms with Gasteiger partial charge < -0.3 is 15.8 Å². The zero-order valence-corrected chi connectivity index (χ0v) is 13.8. The molecule has 2 atom stereocenters. The number of hydrogen-bond acceptors (Lipinski definition) is 3. The fourth-order valence-electron chi connectivity index (χ4n) is 2.78. The Hall–Kier alpha value is -1.07. The lowest BCUT2D eigenvalue weighted by atomic mass is 9.84. The van der Waals surface area contributed by atoms with Gasteiger partial charge in [0.15, 0.2) is 0 Å². The van der Waals surface area contributed by atoms with Crippen LogP contribution in [-0.2, 0) is 4.79 Å². The van der Waals surface area contributed by atoms with E-state index in [1.165, 1.54) is 12.8 Å². The van der Waals surface area contributed by atoms with Crippen molar-refractivity contribution in [3.8, 4) is 5.75 Å². The number of nitrogens with two attached hydrogens (primary N) is 1. The van der Waals surface area contributed by atoms with Crippen molar-refractivity contribution in [1.29, 1.82) is 0 Å². The molecule has 116 valence electrons. The monoisotopic (exact) mass is 354 g/mol. The van der Waals surface area contributed by atoms with Crippen LogP contribution in [0.4, 0.5) is 0 Å². The highest BCUT2D eigenvalue weighted by molar-refractivity contribution is 9.10. The Morgan fingerprint density at radius 3 is 2.95 bits per heavy atom. The molecule has 0 aliphatic heterocycles. The van der Waals surface area contributed by atoms with E-state index >= 15 is 0 Å². The second kappa shape index (κ2) is 8.39. The van der Waals surface area contributed by atoms with Gasteiger partial charge in [-0.3, -0.25) is 4.79 Å². The molecular weight excluding hydrogens is 332 g/mol. The summed E-state index contributed by atoms with van der Waals surface area (Å²) in [6.07, 6.45) is 4.94. The molecule has 1 saturated carbocycles. The van der Waals surface area contributed by atoms with Crippen molar-refractivity contribution in [3.63, 3.8) is 0 Å². The van der Waals surface area contributed by atoms with Crippen LogP contribution in [0.25, 0.3) is 0 Å². The molecule has 1 aromatic rings. The van der Waals surface area contributed by atoms with Crippen LogP contribution >= 0.6 is 15.9 Å². The maximum Gasteiger partial charge on any atom is 0.223 e. The Balaban J connectivity index is 1.72. The smallest absolute Gasteiger partial charge is 0.223 e. The molecule has 5 heteroatoms. The summed E-state index contributed by atoms with van der Waals surface area (Å²) in [6.45, 7) is 1.04. The van der Waals surface area contributed by atoms with E-state index in [9.17, 15) is 4.79 Å². The van der Waals surface area contributed by atoms with Crippen molar-refractivity contribution in [3.05, 3.63) is 28.7 Å². The van der Waals surface area contributed by atoms with Gasteiger partial charge in [0.1, 0.15) is 5.75 Å². The van der Waals surface area contributed by atoms with Gasteiger partial charge in [-0.05, 0) is 43.5 Å². The summed E-state index contributed by atoms with van der Waals surface area (Å²) in [5.41, 5.74) is 5.78. The Morgan fingerprint density at radius 2 is 2.19 bits per heavy atom. The normalized spacial score (nSPS) is 21.8. The molecule has 0 aromatic heterocycles. The fourth-order valence-corrected chi connectivity index (χ4v) is 3.16. The van der Waals surface area contributed by atoms with E-state index in [1.807, 2.05) is 24.3 Å². The van der Waals surface area contributed by atoms with Crippen LogP contribution in [-0.4, -0.2) is 25.1 Å². The molecule has 2 unspecified atom stereocenters. The standard InChI is InChI=1S/C16H23BrN2O2/c17-13-5-3-6-14(10-13)21-9-8-16(20)19-15-7-2-1-4-12(15)11-18/h3,5-6,10,12,15H,1-2,4,7-9,11,18H2,(H,19,20). The third kappa shape index (κ3) is 5.32. The third-order valence-electron chi connectivity index (χ3n) is 3.95. The average molecular weight is 355 g/mol. The summed E-state index contributed by atoms with van der Waals surface area (Å²) >= 11 is 3.39. The minimum atomic E-state index is 0.0512. The van der Waals surface area contributed by atoms with Crippen molar-refractivity contribution in [2.75, 3.05) is 13.2 Å². The van der Waals surface area contributed by atoms with Gasteiger partial charge in [-0.25, -0.2) is 0 Å². The number of carbonyl (C=O) groups is 1. The first-order chi connectivity index (χ1) is 10.2. The molecule has 3 N–H and O–H groups in total. The summed E-state index contributed by atoms with van der Waals surface area (Å²) in [5, 5.41) is 3.11. The van der Waals surface area contributed by atoms with Gasteiger partial charge in [-0.1, -0.05) is 34.8 Å². The summed E-state index contributed by atoms with van der Waals surface area (Å²) in [6, 6.07) is 7.86. The fraction of sp³-hybridized carbons (Fsp3) is 0.562. The first kappa shape index (κ1) is 16.3. The van der Waals surface area contributed by atoms with E-state index in [4.69, 9.17) is 10.5 Å². The number of benzene rings is 1. The maximum atomic E-state index is 12.0. The molecule has 21 heavy (non-hydrogen) atoms. The molecule has 4 nitrogen and oxygen atoms in total. The predicted octanol–water partition coefficient (Wildman–Crippen LogP) is 2.85. The van der Waals surface area contributed by atoms with Gasteiger partial charge in [0.05, 0.1) is 13.0 Å². The summed E-state index contributed by atoms with van der Waals surface area (Å²) < 4.78 is 6.55. The van der Waals surface area contributed by atoms with Crippen LogP contribution < -0.4 is 15.8 Å². The van der Waals surface area contributed by atoms with Crippen molar-refractivity contribution in [2.45, 2.75) is 38.1 Å². The maximum absolute atomic E-state index is 12.0. The van der Waals surface area contributed by atoms with Crippen molar-refractivity contribution < 1.29 is 9.53 Å². The molecule has 1 amide bonds. The van der Waals surface area contributed by atoms with Crippen LogP contribution in [0.3, 0.4) is 0 Å². The highest BCUT2D eigenvalue weighted by atomic mass is 79.9. The lowest BCUT2D eigenvalue weighted by molar-refractivity contribution is -0.122. The molecule has 0 bridgehead atoms. The van der Waals surface area contributed by atoms with E-state index in [-0.39, 0.29) is 11.9 Å². The lowest BCUT2D eigenvalue weighted by Crippen LogP contribution is -2.45. The molecule has 2 rings (SSSR count). The average Bonchev–Trinajstić information content (AvgIpc) is 2.48. The quantitative estimate of drug-likeness (QED) is 0.825. The SMILES string of the molecule is NCC1CCCCC1NC(=O)CCOc1cccc(Br)c1. The van der Waals surface area contributed by atoms with Gasteiger partial charge in [0.2, 0.25) is 5.91 Å². The largest absolute Gasteiger partial charge is 0.493 e. The molecular formula is C16H23BrN2O2. The Kier molecular flexibility index (Phi) is 6.51. The molecule has 1 fully saturated rings. The van der Waals surface area contributed by atoms with Crippen molar-refractivity contribution in [2.24, 2.45) is 11.7 Å². The number of nitrogens with one attached hydrogen (secondary N) is 1. The van der Waals surface area contributed by atoms with E-state index in [1.54, 1.807) is 0 Å². The third-order valence-corrected chi connectivity index (χ3v) is 4.45. The van der Waals surface area contributed by atoms with Gasteiger partial charge in [0.25, 0.3) is 0 Å². The number of carbonyl (C=O) groups excluding carboxylic acids is 1. The molecule has 0 radical (unpaired) electrons. The Labute approximate surface area is 134 Å². The zero-order valence-electron chi connectivity index (χ0n) is 12.2. The van der Waals surface area contributed by atoms with Crippen LogP contribution in [0.2, 0.25) is 0 Å². The van der Waals surface area contributed by atoms with Gasteiger partial charge in [-0.15, -0.1) is 0 Å². The number of rotatable bonds is 6. The topological polar surface area (TPSA) is 64.3 Å². The number of halogens is 1. The summed E-state index contributed by atoms with van der Waals surface area (Å²) in [7, 11) is 0. The molecule has 1 aliphatic carbocycles. The molecule has 0 spiro atoms. The van der Waals surface area contributed by atoms with Crippen LogP contribution in [0.15, 0.2) is 28.7 Å². The van der Waals surface area contributed by atoms with E-state index in [0.717, 1.165) is 23.1 Å². The van der Waals surface area contributed by atoms with E-state index in [0.29, 0.717) is 25.5 Å². The van der Waals surface area contributed by atoms with Gasteiger partial charge >= 0.3 is 0 Å². The second-order valence-electron chi connectivity index (χ2n) is 5.51. The highest BCUT2D eigenvalue weighted by Crippen LogP contribution is 2.23. The minimum absolute atomic E-state index is 0.0512. The Morgan fingerprint density at radius 1 is 1.38 bits per heavy atom. The number of hydrogen-bond donors (Lipinski definition) is 2. The highest BCUT2D eigenvalue weighted by Gasteiger charge is 2.25.